The van der Waals surface area contributed by atoms with E-state index in [1.54, 1.807) is 0 Å². The third-order valence-corrected chi connectivity index (χ3v) is 7.24. The Morgan fingerprint density at radius 1 is 1.14 bits per heavy atom. The smallest absolute Gasteiger partial charge is 0.331 e. The van der Waals surface area contributed by atoms with Crippen molar-refractivity contribution in [1.29, 1.82) is 0 Å². The Kier molecular flexibility index (Phi) is 6.31. The molecule has 5 nitrogen and oxygen atoms in total. The fraction of sp³-hybridized carbons (Fsp3) is 0.258. The number of hydrogen-bond acceptors (Lipinski definition) is 4. The molecule has 4 aromatic rings. The van der Waals surface area contributed by atoms with Crippen molar-refractivity contribution in [3.8, 4) is 0 Å². The summed E-state index contributed by atoms with van der Waals surface area (Å²) in [6.45, 7) is 10.2. The van der Waals surface area contributed by atoms with Gasteiger partial charge in [-0.25, -0.2) is 4.79 Å². The van der Waals surface area contributed by atoms with Crippen LogP contribution in [0, 0.1) is 12.8 Å². The molecule has 1 aliphatic rings. The van der Waals surface area contributed by atoms with E-state index < -0.39 is 5.97 Å². The molecule has 5 rings (SSSR count). The van der Waals surface area contributed by atoms with E-state index in [2.05, 4.69) is 41.4 Å². The zero-order valence-corrected chi connectivity index (χ0v) is 21.0. The maximum Gasteiger partial charge on any atom is 0.331 e. The summed E-state index contributed by atoms with van der Waals surface area (Å²) in [5.74, 6) is -0.264. The number of allylic oxidation sites excluding steroid dienone is 1. The first kappa shape index (κ1) is 23.7. The zero-order valence-electron chi connectivity index (χ0n) is 21.0. The summed E-state index contributed by atoms with van der Waals surface area (Å²) in [6, 6.07) is 18.0. The number of benzene rings is 3. The maximum atomic E-state index is 13.4. The minimum Gasteiger partial charge on any atom is -0.341 e. The van der Waals surface area contributed by atoms with E-state index in [-0.39, 0.29) is 11.7 Å². The molecule has 36 heavy (non-hydrogen) atoms. The average molecular weight is 479 g/mol. The predicted molar refractivity (Wildman–Crippen MR) is 145 cm³/mol. The lowest BCUT2D eigenvalue weighted by Crippen LogP contribution is -2.24. The fourth-order valence-corrected chi connectivity index (χ4v) is 5.57. The first-order valence-corrected chi connectivity index (χ1v) is 12.5. The Morgan fingerprint density at radius 2 is 1.92 bits per heavy atom. The maximum absolute atomic E-state index is 13.4. The van der Waals surface area contributed by atoms with Crippen molar-refractivity contribution in [2.24, 2.45) is 11.1 Å². The van der Waals surface area contributed by atoms with Gasteiger partial charge in [-0.1, -0.05) is 41.6 Å². The molecule has 0 bridgehead atoms. The van der Waals surface area contributed by atoms with Crippen LogP contribution in [0.4, 0.5) is 0 Å². The third-order valence-electron chi connectivity index (χ3n) is 7.24. The summed E-state index contributed by atoms with van der Waals surface area (Å²) in [4.78, 5) is 30.1. The van der Waals surface area contributed by atoms with Crippen LogP contribution in [0.3, 0.4) is 0 Å². The van der Waals surface area contributed by atoms with Gasteiger partial charge in [0.1, 0.15) is 0 Å². The molecule has 0 spiro atoms. The summed E-state index contributed by atoms with van der Waals surface area (Å²) in [7, 11) is 0. The van der Waals surface area contributed by atoms with E-state index in [0.717, 1.165) is 70.0 Å². The first-order valence-electron chi connectivity index (χ1n) is 12.5. The quantitative estimate of drug-likeness (QED) is 0.133. The number of nitrogens with zero attached hydrogens (tertiary/aromatic N) is 2. The number of ketones is 1. The van der Waals surface area contributed by atoms with Gasteiger partial charge >= 0.3 is 5.97 Å². The molecule has 1 aliphatic carbocycles. The first-order chi connectivity index (χ1) is 17.4. The Balaban J connectivity index is 1.74. The normalized spacial score (nSPS) is 16.3. The lowest BCUT2D eigenvalue weighted by molar-refractivity contribution is -0.140. The van der Waals surface area contributed by atoms with Crippen molar-refractivity contribution in [3.63, 3.8) is 0 Å². The topological polar surface area (TPSA) is 60.7 Å². The highest BCUT2D eigenvalue weighted by molar-refractivity contribution is 6.18. The van der Waals surface area contributed by atoms with E-state index >= 15 is 0 Å². The van der Waals surface area contributed by atoms with Gasteiger partial charge in [0.2, 0.25) is 0 Å². The number of oxime groups is 1. The van der Waals surface area contributed by atoms with Crippen LogP contribution < -0.4 is 0 Å². The molecule has 3 aromatic carbocycles. The van der Waals surface area contributed by atoms with Crippen molar-refractivity contribution in [1.82, 2.24) is 4.57 Å². The van der Waals surface area contributed by atoms with Gasteiger partial charge in [0.05, 0.1) is 5.71 Å². The summed E-state index contributed by atoms with van der Waals surface area (Å²) >= 11 is 0. The van der Waals surface area contributed by atoms with Crippen LogP contribution in [-0.4, -0.2) is 22.0 Å². The average Bonchev–Trinajstić information content (AvgIpc) is 3.21. The fourth-order valence-electron chi connectivity index (χ4n) is 5.57. The molecule has 1 atom stereocenters. The van der Waals surface area contributed by atoms with Crippen LogP contribution in [0.15, 0.2) is 72.4 Å². The Bertz CT molecular complexity index is 1560. The molecule has 1 unspecified atom stereocenters. The SMILES string of the molecule is C=CCC1CCc2c(ccc3c2c2cc(C(=O)c4ccccc4C)ccc2n3CC)/C1=N/OC(C)=O. The van der Waals surface area contributed by atoms with Gasteiger partial charge in [-0.05, 0) is 68.5 Å². The number of fused-ring (bicyclic) bond motifs is 5. The molecule has 0 fully saturated rings. The Labute approximate surface area is 211 Å². The number of hydrogen-bond donors (Lipinski definition) is 0. The Morgan fingerprint density at radius 3 is 2.64 bits per heavy atom. The number of aromatic nitrogens is 1. The number of aryl methyl sites for hydroxylation is 3. The van der Waals surface area contributed by atoms with Crippen LogP contribution in [-0.2, 0) is 22.6 Å². The van der Waals surface area contributed by atoms with Gasteiger partial charge < -0.3 is 9.40 Å². The van der Waals surface area contributed by atoms with E-state index in [1.807, 2.05) is 49.4 Å². The highest BCUT2D eigenvalue weighted by atomic mass is 16.7. The standard InChI is InChI=1S/C31H30N2O3/c1-5-9-21-12-14-24-25(30(21)32-36-20(4)34)15-17-28-29(24)26-18-22(13-16-27(26)33(28)6-2)31(35)23-11-8-7-10-19(23)3/h5,7-8,10-11,13,15-18,21H,1,6,9,12,14H2,2-4H3/b32-30+. The molecule has 0 saturated heterocycles. The minimum atomic E-state index is -0.435. The summed E-state index contributed by atoms with van der Waals surface area (Å²) in [6.07, 6.45) is 4.43. The molecule has 0 amide bonds. The van der Waals surface area contributed by atoms with Crippen LogP contribution in [0.5, 0.6) is 0 Å². The second kappa shape index (κ2) is 9.57. The monoisotopic (exact) mass is 478 g/mol. The zero-order chi connectivity index (χ0) is 25.4. The van der Waals surface area contributed by atoms with Crippen LogP contribution in [0.2, 0.25) is 0 Å². The molecule has 5 heteroatoms. The van der Waals surface area contributed by atoms with Crippen molar-refractivity contribution >= 4 is 39.3 Å². The van der Waals surface area contributed by atoms with Crippen LogP contribution >= 0.6 is 0 Å². The van der Waals surface area contributed by atoms with Gasteiger partial charge in [-0.2, -0.15) is 0 Å². The lowest BCUT2D eigenvalue weighted by atomic mass is 9.79. The van der Waals surface area contributed by atoms with Crippen molar-refractivity contribution in [2.45, 2.75) is 46.6 Å². The minimum absolute atomic E-state index is 0.0281. The molecular weight excluding hydrogens is 448 g/mol. The van der Waals surface area contributed by atoms with Crippen LogP contribution in [0.25, 0.3) is 21.8 Å². The highest BCUT2D eigenvalue weighted by Gasteiger charge is 2.29. The van der Waals surface area contributed by atoms with Gasteiger partial charge in [0.15, 0.2) is 5.78 Å². The number of carbonyl (C=O) groups excluding carboxylic acids is 2. The summed E-state index contributed by atoms with van der Waals surface area (Å²) in [5, 5.41) is 6.51. The summed E-state index contributed by atoms with van der Waals surface area (Å²) in [5.41, 5.74) is 7.60. The highest BCUT2D eigenvalue weighted by Crippen LogP contribution is 2.39. The van der Waals surface area contributed by atoms with E-state index in [0.29, 0.717) is 5.56 Å². The van der Waals surface area contributed by atoms with Crippen molar-refractivity contribution in [2.75, 3.05) is 0 Å². The van der Waals surface area contributed by atoms with Crippen molar-refractivity contribution < 1.29 is 14.4 Å². The molecule has 1 aromatic heterocycles. The molecule has 1 heterocycles. The second-order valence-electron chi connectivity index (χ2n) is 9.43. The lowest BCUT2D eigenvalue weighted by Gasteiger charge is -2.26. The van der Waals surface area contributed by atoms with Crippen LogP contribution in [0.1, 0.15) is 59.3 Å². The van der Waals surface area contributed by atoms with Gasteiger partial charge in [-0.15, -0.1) is 6.58 Å². The summed E-state index contributed by atoms with van der Waals surface area (Å²) < 4.78 is 2.30. The molecular formula is C31H30N2O3. The van der Waals surface area contributed by atoms with E-state index in [1.165, 1.54) is 12.5 Å². The van der Waals surface area contributed by atoms with E-state index in [4.69, 9.17) is 4.84 Å². The van der Waals surface area contributed by atoms with Crippen molar-refractivity contribution in [3.05, 3.63) is 95.1 Å². The molecule has 0 radical (unpaired) electrons. The Hall–Kier alpha value is -3.99. The van der Waals surface area contributed by atoms with Gasteiger partial charge in [0.25, 0.3) is 0 Å². The largest absolute Gasteiger partial charge is 0.341 e. The molecule has 0 saturated carbocycles. The third kappa shape index (κ3) is 3.95. The number of carbonyl (C=O) groups is 2. The molecule has 182 valence electrons. The molecule has 0 aliphatic heterocycles. The van der Waals surface area contributed by atoms with E-state index in [9.17, 15) is 9.59 Å². The predicted octanol–water partition coefficient (Wildman–Crippen LogP) is 6.76. The second-order valence-corrected chi connectivity index (χ2v) is 9.43. The molecule has 0 N–H and O–H groups in total. The van der Waals surface area contributed by atoms with Gasteiger partial charge in [-0.3, -0.25) is 4.79 Å². The number of rotatable bonds is 6. The van der Waals surface area contributed by atoms with Gasteiger partial charge in [0, 0.05) is 57.9 Å².